The molecule has 4 nitrogen and oxygen atoms in total. The van der Waals surface area contributed by atoms with Gasteiger partial charge in [0.1, 0.15) is 5.82 Å². The Bertz CT molecular complexity index is 458. The van der Waals surface area contributed by atoms with Gasteiger partial charge in [0.15, 0.2) is 0 Å². The largest absolute Gasteiger partial charge is 0.466 e. The molecule has 1 aliphatic heterocycles. The van der Waals surface area contributed by atoms with Gasteiger partial charge in [0.05, 0.1) is 18.4 Å². The Balaban J connectivity index is 2.25. The summed E-state index contributed by atoms with van der Waals surface area (Å²) < 4.78 is 17.8. The molecule has 0 spiro atoms. The zero-order chi connectivity index (χ0) is 13.1. The van der Waals surface area contributed by atoms with Crippen LogP contribution in [0.4, 0.5) is 4.39 Å². The quantitative estimate of drug-likeness (QED) is 0.822. The molecule has 1 fully saturated rings. The molecule has 18 heavy (non-hydrogen) atoms. The highest BCUT2D eigenvalue weighted by molar-refractivity contribution is 5.93. The molecular weight excluding hydrogens is 237 g/mol. The van der Waals surface area contributed by atoms with Gasteiger partial charge < -0.3 is 10.1 Å². The van der Waals surface area contributed by atoms with Crippen LogP contribution in [0.3, 0.4) is 0 Å². The van der Waals surface area contributed by atoms with Gasteiger partial charge in [-0.15, -0.1) is 0 Å². The van der Waals surface area contributed by atoms with Crippen LogP contribution in [0.15, 0.2) is 24.3 Å². The minimum atomic E-state index is -0.593. The molecule has 1 N–H and O–H groups in total. The molecule has 1 aliphatic rings. The zero-order valence-electron chi connectivity index (χ0n) is 9.98. The van der Waals surface area contributed by atoms with Gasteiger partial charge in [0.25, 0.3) is 0 Å². The lowest BCUT2D eigenvalue weighted by Gasteiger charge is -2.15. The number of benzene rings is 1. The number of rotatable bonds is 3. The van der Waals surface area contributed by atoms with E-state index in [1.165, 1.54) is 24.3 Å². The van der Waals surface area contributed by atoms with Crippen molar-refractivity contribution in [2.45, 2.75) is 12.8 Å². The average Bonchev–Trinajstić information content (AvgIpc) is 2.73. The summed E-state index contributed by atoms with van der Waals surface area (Å²) in [5, 5.41) is 2.64. The lowest BCUT2D eigenvalue weighted by atomic mass is 9.88. The maximum Gasteiger partial charge on any atom is 0.311 e. The van der Waals surface area contributed by atoms with E-state index in [0.29, 0.717) is 5.56 Å². The van der Waals surface area contributed by atoms with Crippen LogP contribution >= 0.6 is 0 Å². The average molecular weight is 251 g/mol. The predicted octanol–water partition coefficient (Wildman–Crippen LogP) is 1.22. The molecule has 1 heterocycles. The second kappa shape index (κ2) is 5.16. The van der Waals surface area contributed by atoms with Crippen LogP contribution in [-0.2, 0) is 14.3 Å². The van der Waals surface area contributed by atoms with E-state index < -0.39 is 17.8 Å². The van der Waals surface area contributed by atoms with Crippen LogP contribution in [0.25, 0.3) is 0 Å². The van der Waals surface area contributed by atoms with E-state index in [4.69, 9.17) is 4.74 Å². The van der Waals surface area contributed by atoms with Gasteiger partial charge >= 0.3 is 5.97 Å². The molecule has 1 aromatic rings. The summed E-state index contributed by atoms with van der Waals surface area (Å²) >= 11 is 0. The van der Waals surface area contributed by atoms with E-state index in [1.54, 1.807) is 6.92 Å². The van der Waals surface area contributed by atoms with E-state index in [1.807, 2.05) is 0 Å². The number of halogens is 1. The van der Waals surface area contributed by atoms with Crippen LogP contribution in [-0.4, -0.2) is 25.0 Å². The molecule has 0 aliphatic carbocycles. The molecule has 0 radical (unpaired) electrons. The maximum absolute atomic E-state index is 12.9. The first-order valence-corrected chi connectivity index (χ1v) is 5.83. The molecule has 2 atom stereocenters. The first kappa shape index (κ1) is 12.5. The van der Waals surface area contributed by atoms with Crippen LogP contribution in [0, 0.1) is 11.7 Å². The Morgan fingerprint density at radius 2 is 2.11 bits per heavy atom. The van der Waals surface area contributed by atoms with Crippen LogP contribution in [0.5, 0.6) is 0 Å². The Hall–Kier alpha value is -1.91. The van der Waals surface area contributed by atoms with Crippen molar-refractivity contribution < 1.29 is 18.7 Å². The number of hydrogen-bond donors (Lipinski definition) is 1. The fourth-order valence-corrected chi connectivity index (χ4v) is 2.14. The summed E-state index contributed by atoms with van der Waals surface area (Å²) in [5.74, 6) is -2.12. The van der Waals surface area contributed by atoms with Crippen molar-refractivity contribution in [1.29, 1.82) is 0 Å². The molecule has 1 amide bonds. The molecule has 0 aromatic heterocycles. The molecule has 1 aromatic carbocycles. The van der Waals surface area contributed by atoms with Crippen LogP contribution < -0.4 is 5.32 Å². The highest BCUT2D eigenvalue weighted by atomic mass is 19.1. The smallest absolute Gasteiger partial charge is 0.311 e. The Morgan fingerprint density at radius 1 is 1.44 bits per heavy atom. The number of carbonyl (C=O) groups excluding carboxylic acids is 2. The Morgan fingerprint density at radius 3 is 2.72 bits per heavy atom. The summed E-state index contributed by atoms with van der Waals surface area (Å²) in [6, 6.07) is 5.61. The second-order valence-electron chi connectivity index (χ2n) is 4.13. The van der Waals surface area contributed by atoms with Gasteiger partial charge in [-0.1, -0.05) is 12.1 Å². The normalized spacial score (nSPS) is 22.7. The molecule has 96 valence electrons. The molecule has 1 saturated heterocycles. The van der Waals surface area contributed by atoms with E-state index in [9.17, 15) is 14.0 Å². The molecule has 2 unspecified atom stereocenters. The Labute approximate surface area is 104 Å². The maximum atomic E-state index is 12.9. The van der Waals surface area contributed by atoms with Crippen molar-refractivity contribution in [3.8, 4) is 0 Å². The monoisotopic (exact) mass is 251 g/mol. The van der Waals surface area contributed by atoms with Crippen LogP contribution in [0.1, 0.15) is 18.4 Å². The third kappa shape index (κ3) is 2.34. The van der Waals surface area contributed by atoms with Crippen molar-refractivity contribution in [2.24, 2.45) is 5.92 Å². The highest BCUT2D eigenvalue weighted by Crippen LogP contribution is 2.30. The number of nitrogens with one attached hydrogen (secondary N) is 1. The first-order valence-electron chi connectivity index (χ1n) is 5.83. The van der Waals surface area contributed by atoms with E-state index in [2.05, 4.69) is 5.32 Å². The summed E-state index contributed by atoms with van der Waals surface area (Å²) in [5.41, 5.74) is 0.629. The lowest BCUT2D eigenvalue weighted by molar-refractivity contribution is -0.148. The number of hydrogen-bond acceptors (Lipinski definition) is 3. The van der Waals surface area contributed by atoms with Gasteiger partial charge in [0, 0.05) is 6.54 Å². The molecular formula is C13H14FNO3. The van der Waals surface area contributed by atoms with Crippen molar-refractivity contribution in [3.05, 3.63) is 35.6 Å². The van der Waals surface area contributed by atoms with Gasteiger partial charge in [-0.3, -0.25) is 9.59 Å². The standard InChI is InChI=1S/C13H14FNO3/c1-2-18-13(17)10-7-15-12(16)11(10)8-3-5-9(14)6-4-8/h3-6,10-11H,2,7H2,1H3,(H,15,16). The Kier molecular flexibility index (Phi) is 3.60. The topological polar surface area (TPSA) is 55.4 Å². The number of ether oxygens (including phenoxy) is 1. The molecule has 0 saturated carbocycles. The minimum absolute atomic E-state index is 0.223. The van der Waals surface area contributed by atoms with Gasteiger partial charge in [0.2, 0.25) is 5.91 Å². The predicted molar refractivity (Wildman–Crippen MR) is 62.3 cm³/mol. The summed E-state index contributed by atoms with van der Waals surface area (Å²) in [6.07, 6.45) is 0. The molecule has 2 rings (SSSR count). The summed E-state index contributed by atoms with van der Waals surface area (Å²) in [7, 11) is 0. The zero-order valence-corrected chi connectivity index (χ0v) is 9.98. The summed E-state index contributed by atoms with van der Waals surface area (Å²) in [4.78, 5) is 23.5. The highest BCUT2D eigenvalue weighted by Gasteiger charge is 2.41. The van der Waals surface area contributed by atoms with Crippen molar-refractivity contribution >= 4 is 11.9 Å². The lowest BCUT2D eigenvalue weighted by Crippen LogP contribution is -2.24. The van der Waals surface area contributed by atoms with Crippen molar-refractivity contribution in [2.75, 3.05) is 13.2 Å². The first-order chi connectivity index (χ1) is 8.63. The SMILES string of the molecule is CCOC(=O)C1CNC(=O)C1c1ccc(F)cc1. The minimum Gasteiger partial charge on any atom is -0.466 e. The fraction of sp³-hybridized carbons (Fsp3) is 0.385. The third-order valence-corrected chi connectivity index (χ3v) is 3.00. The van der Waals surface area contributed by atoms with Gasteiger partial charge in [-0.2, -0.15) is 0 Å². The molecule has 5 heteroatoms. The van der Waals surface area contributed by atoms with Crippen molar-refractivity contribution in [1.82, 2.24) is 5.32 Å². The van der Waals surface area contributed by atoms with Gasteiger partial charge in [-0.05, 0) is 24.6 Å². The van der Waals surface area contributed by atoms with E-state index >= 15 is 0 Å². The number of carbonyl (C=O) groups is 2. The van der Waals surface area contributed by atoms with E-state index in [0.717, 1.165) is 0 Å². The third-order valence-electron chi connectivity index (χ3n) is 3.00. The van der Waals surface area contributed by atoms with Crippen molar-refractivity contribution in [3.63, 3.8) is 0 Å². The summed E-state index contributed by atoms with van der Waals surface area (Å²) in [6.45, 7) is 2.26. The molecule has 0 bridgehead atoms. The van der Waals surface area contributed by atoms with E-state index in [-0.39, 0.29) is 24.9 Å². The van der Waals surface area contributed by atoms with Gasteiger partial charge in [-0.25, -0.2) is 4.39 Å². The number of amides is 1. The van der Waals surface area contributed by atoms with Crippen LogP contribution in [0.2, 0.25) is 0 Å². The number of esters is 1. The second-order valence-corrected chi connectivity index (χ2v) is 4.13. The fourth-order valence-electron chi connectivity index (χ4n) is 2.14.